The molecule has 5 aromatic rings. The Hall–Kier alpha value is -3.63. The first-order chi connectivity index (χ1) is 20.9. The van der Waals surface area contributed by atoms with Gasteiger partial charge in [-0.1, -0.05) is 98.8 Å². The standard InChI is InChI=1S/C27H23BrClN9O2S3/c28-20-6-3-4-18(12-20)14-40-22-7-2-1-5-19(22)13-31-33-24-34-36-26(38(24)30)41-16-23(39)32-25-35-37-27(43-25)42-15-17-8-10-21(29)11-9-17/h1-13H,14-16,30H2,(H,33,34)(H,32,35,39)/b31-13+. The molecule has 0 aliphatic heterocycles. The van der Waals surface area contributed by atoms with Gasteiger partial charge < -0.3 is 10.6 Å². The maximum absolute atomic E-state index is 12.5. The van der Waals surface area contributed by atoms with Gasteiger partial charge in [0.2, 0.25) is 16.2 Å². The number of carbonyl (C=O) groups is 1. The van der Waals surface area contributed by atoms with Gasteiger partial charge in [0.05, 0.1) is 12.0 Å². The van der Waals surface area contributed by atoms with Gasteiger partial charge in [0.1, 0.15) is 12.4 Å². The van der Waals surface area contributed by atoms with Gasteiger partial charge in [-0.25, -0.2) is 10.1 Å². The summed E-state index contributed by atoms with van der Waals surface area (Å²) >= 11 is 13.4. The second kappa shape index (κ2) is 15.2. The van der Waals surface area contributed by atoms with Crippen LogP contribution in [0.25, 0.3) is 0 Å². The molecule has 220 valence electrons. The third-order valence-corrected chi connectivity index (χ3v) is 9.23. The summed E-state index contributed by atoms with van der Waals surface area (Å²) in [6, 6.07) is 23.1. The highest BCUT2D eigenvalue weighted by molar-refractivity contribution is 9.10. The number of benzene rings is 3. The molecule has 0 aliphatic carbocycles. The minimum absolute atomic E-state index is 0.0497. The van der Waals surface area contributed by atoms with Crippen molar-refractivity contribution < 1.29 is 9.53 Å². The Morgan fingerprint density at radius 2 is 1.88 bits per heavy atom. The lowest BCUT2D eigenvalue weighted by Gasteiger charge is -2.09. The predicted octanol–water partition coefficient (Wildman–Crippen LogP) is 6.31. The van der Waals surface area contributed by atoms with E-state index in [-0.39, 0.29) is 17.6 Å². The lowest BCUT2D eigenvalue weighted by atomic mass is 10.2. The number of thioether (sulfide) groups is 2. The summed E-state index contributed by atoms with van der Waals surface area (Å²) in [5, 5.41) is 24.6. The van der Waals surface area contributed by atoms with Gasteiger partial charge >= 0.3 is 0 Å². The lowest BCUT2D eigenvalue weighted by molar-refractivity contribution is -0.113. The third-order valence-electron chi connectivity index (χ3n) is 5.50. The lowest BCUT2D eigenvalue weighted by Crippen LogP contribution is -2.16. The molecule has 5 rings (SSSR count). The Balaban J connectivity index is 1.08. The monoisotopic (exact) mass is 715 g/mol. The van der Waals surface area contributed by atoms with E-state index in [0.717, 1.165) is 43.0 Å². The molecular weight excluding hydrogens is 694 g/mol. The number of nitrogens with two attached hydrogens (primary N) is 1. The number of anilines is 2. The van der Waals surface area contributed by atoms with Crippen LogP contribution in [0, 0.1) is 0 Å². The molecule has 0 atom stereocenters. The Bertz CT molecular complexity index is 1720. The van der Waals surface area contributed by atoms with Crippen molar-refractivity contribution in [3.05, 3.63) is 99.0 Å². The highest BCUT2D eigenvalue weighted by Crippen LogP contribution is 2.29. The van der Waals surface area contributed by atoms with E-state index >= 15 is 0 Å². The molecule has 0 unspecified atom stereocenters. The van der Waals surface area contributed by atoms with Gasteiger partial charge in [-0.15, -0.1) is 20.4 Å². The van der Waals surface area contributed by atoms with Crippen LogP contribution in [0.15, 0.2) is 91.9 Å². The summed E-state index contributed by atoms with van der Waals surface area (Å²) in [7, 11) is 0. The van der Waals surface area contributed by atoms with Crippen LogP contribution < -0.4 is 21.3 Å². The summed E-state index contributed by atoms with van der Waals surface area (Å²) in [4.78, 5) is 12.5. The molecule has 11 nitrogen and oxygen atoms in total. The Morgan fingerprint density at radius 3 is 2.72 bits per heavy atom. The summed E-state index contributed by atoms with van der Waals surface area (Å²) < 4.78 is 8.95. The minimum atomic E-state index is -0.273. The molecule has 43 heavy (non-hydrogen) atoms. The molecule has 2 heterocycles. The number of para-hydroxylation sites is 1. The first-order valence-electron chi connectivity index (χ1n) is 12.5. The van der Waals surface area contributed by atoms with Crippen LogP contribution in [0.5, 0.6) is 5.75 Å². The van der Waals surface area contributed by atoms with Crippen molar-refractivity contribution in [2.24, 2.45) is 5.10 Å². The molecule has 4 N–H and O–H groups in total. The van der Waals surface area contributed by atoms with E-state index in [1.165, 1.54) is 27.8 Å². The average Bonchev–Trinajstić information content (AvgIpc) is 3.60. The molecule has 2 aromatic heterocycles. The molecule has 0 saturated heterocycles. The molecule has 0 radical (unpaired) electrons. The molecule has 3 aromatic carbocycles. The number of nitrogens with zero attached hydrogens (tertiary/aromatic N) is 6. The van der Waals surface area contributed by atoms with Crippen LogP contribution in [0.3, 0.4) is 0 Å². The minimum Gasteiger partial charge on any atom is -0.488 e. The second-order valence-electron chi connectivity index (χ2n) is 8.63. The van der Waals surface area contributed by atoms with Gasteiger partial charge in [0.25, 0.3) is 5.95 Å². The third kappa shape index (κ3) is 9.18. The first kappa shape index (κ1) is 30.8. The van der Waals surface area contributed by atoms with E-state index < -0.39 is 0 Å². The maximum atomic E-state index is 12.5. The van der Waals surface area contributed by atoms with Crippen LogP contribution in [-0.4, -0.2) is 42.9 Å². The number of hydrogen-bond acceptors (Lipinski definition) is 12. The molecule has 1 amide bonds. The van der Waals surface area contributed by atoms with Crippen LogP contribution in [0.1, 0.15) is 16.7 Å². The fourth-order valence-corrected chi connectivity index (χ4v) is 6.40. The zero-order valence-electron chi connectivity index (χ0n) is 22.2. The molecule has 0 bridgehead atoms. The second-order valence-corrected chi connectivity index (χ2v) is 13.1. The summed E-state index contributed by atoms with van der Waals surface area (Å²) in [6.07, 6.45) is 1.61. The number of hydrogen-bond donors (Lipinski definition) is 3. The van der Waals surface area contributed by atoms with Crippen molar-refractivity contribution in [1.82, 2.24) is 25.1 Å². The summed E-state index contributed by atoms with van der Waals surface area (Å²) in [5.74, 6) is 7.49. The largest absolute Gasteiger partial charge is 0.488 e. The quantitative estimate of drug-likeness (QED) is 0.0417. The van der Waals surface area contributed by atoms with Crippen LogP contribution in [0.2, 0.25) is 5.02 Å². The number of nitrogen functional groups attached to an aromatic ring is 1. The highest BCUT2D eigenvalue weighted by Gasteiger charge is 2.14. The van der Waals surface area contributed by atoms with Crippen LogP contribution in [0.4, 0.5) is 11.1 Å². The van der Waals surface area contributed by atoms with E-state index in [2.05, 4.69) is 52.2 Å². The smallest absolute Gasteiger partial charge is 0.264 e. The van der Waals surface area contributed by atoms with Crippen molar-refractivity contribution in [2.75, 3.05) is 22.3 Å². The summed E-state index contributed by atoms with van der Waals surface area (Å²) in [6.45, 7) is 0.409. The summed E-state index contributed by atoms with van der Waals surface area (Å²) in [5.41, 5.74) is 5.69. The van der Waals surface area contributed by atoms with Gasteiger partial charge in [-0.2, -0.15) is 5.10 Å². The molecule has 0 spiro atoms. The van der Waals surface area contributed by atoms with Crippen molar-refractivity contribution in [3.63, 3.8) is 0 Å². The number of amides is 1. The van der Waals surface area contributed by atoms with Crippen LogP contribution in [-0.2, 0) is 17.2 Å². The van der Waals surface area contributed by atoms with E-state index in [9.17, 15) is 4.79 Å². The molecule has 0 aliphatic rings. The number of carbonyl (C=O) groups excluding carboxylic acids is 1. The first-order valence-corrected chi connectivity index (χ1v) is 16.5. The zero-order chi connectivity index (χ0) is 30.0. The molecule has 0 fully saturated rings. The Labute approximate surface area is 272 Å². The van der Waals surface area contributed by atoms with Gasteiger partial charge in [0, 0.05) is 20.8 Å². The van der Waals surface area contributed by atoms with Crippen LogP contribution >= 0.6 is 62.4 Å². The number of ether oxygens (including phenoxy) is 1. The average molecular weight is 717 g/mol. The SMILES string of the molecule is Nn1c(N/N=C/c2ccccc2OCc2cccc(Br)c2)nnc1SCC(=O)Nc1nnc(SCc2ccc(Cl)cc2)s1. The fourth-order valence-electron chi connectivity index (χ4n) is 3.45. The predicted molar refractivity (Wildman–Crippen MR) is 177 cm³/mol. The van der Waals surface area contributed by atoms with Crippen molar-refractivity contribution >= 4 is 85.6 Å². The fraction of sp³-hybridized carbons (Fsp3) is 0.111. The number of aromatic nitrogens is 5. The number of hydrazone groups is 1. The van der Waals surface area contributed by atoms with Crippen molar-refractivity contribution in [1.29, 1.82) is 0 Å². The number of halogens is 2. The van der Waals surface area contributed by atoms with E-state index in [1.54, 1.807) is 6.21 Å². The maximum Gasteiger partial charge on any atom is 0.264 e. The number of rotatable bonds is 13. The van der Waals surface area contributed by atoms with Crippen molar-refractivity contribution in [2.45, 2.75) is 21.9 Å². The van der Waals surface area contributed by atoms with Gasteiger partial charge in [-0.05, 0) is 47.5 Å². The number of nitrogens with one attached hydrogen (secondary N) is 2. The van der Waals surface area contributed by atoms with Gasteiger partial charge in [0.15, 0.2) is 4.34 Å². The molecular formula is C27H23BrClN9O2S3. The molecule has 16 heteroatoms. The van der Waals surface area contributed by atoms with E-state index in [1.807, 2.05) is 72.8 Å². The van der Waals surface area contributed by atoms with Gasteiger partial charge in [-0.3, -0.25) is 10.1 Å². The van der Waals surface area contributed by atoms with E-state index in [4.69, 9.17) is 22.2 Å². The van der Waals surface area contributed by atoms with Crippen molar-refractivity contribution in [3.8, 4) is 5.75 Å². The highest BCUT2D eigenvalue weighted by atomic mass is 79.9. The Morgan fingerprint density at radius 1 is 1.05 bits per heavy atom. The normalized spacial score (nSPS) is 11.1. The topological polar surface area (TPSA) is 145 Å². The molecule has 0 saturated carbocycles. The Kier molecular flexibility index (Phi) is 10.9. The van der Waals surface area contributed by atoms with E-state index in [0.29, 0.717) is 27.7 Å². The zero-order valence-corrected chi connectivity index (χ0v) is 27.0.